The molecule has 2 unspecified atom stereocenters. The maximum absolute atomic E-state index is 14.1. The number of hydrogen-bond donors (Lipinski definition) is 4. The van der Waals surface area contributed by atoms with Gasteiger partial charge >= 0.3 is 6.09 Å². The summed E-state index contributed by atoms with van der Waals surface area (Å²) >= 11 is 4.31. The van der Waals surface area contributed by atoms with Crippen LogP contribution in [-0.2, 0) is 14.3 Å². The largest absolute Gasteiger partial charge is 0.508 e. The van der Waals surface area contributed by atoms with Crippen molar-refractivity contribution in [3.8, 4) is 11.5 Å². The zero-order valence-corrected chi connectivity index (χ0v) is 24.0. The number of carbonyl (C=O) groups excluding carboxylic acids is 3. The highest BCUT2D eigenvalue weighted by molar-refractivity contribution is 7.80. The molecule has 9 nitrogen and oxygen atoms in total. The number of thiol groups is 1. The monoisotopic (exact) mass is 545 g/mol. The Labute approximate surface area is 230 Å². The number of nitrogens with one attached hydrogen (secondary N) is 2. The summed E-state index contributed by atoms with van der Waals surface area (Å²) in [6.07, 6.45) is -0.272. The molecule has 0 heterocycles. The van der Waals surface area contributed by atoms with Crippen molar-refractivity contribution in [3.63, 3.8) is 0 Å². The minimum absolute atomic E-state index is 0.0266. The summed E-state index contributed by atoms with van der Waals surface area (Å²) in [5.41, 5.74) is -0.693. The summed E-state index contributed by atoms with van der Waals surface area (Å²) in [6, 6.07) is 10.8. The number of anilines is 1. The van der Waals surface area contributed by atoms with Gasteiger partial charge in [0, 0.05) is 17.0 Å². The van der Waals surface area contributed by atoms with Gasteiger partial charge in [0.15, 0.2) is 0 Å². The number of ether oxygens (including phenoxy) is 2. The Bertz CT molecular complexity index is 1110. The fourth-order valence-corrected chi connectivity index (χ4v) is 3.99. The molecule has 0 aliphatic heterocycles. The lowest BCUT2D eigenvalue weighted by molar-refractivity contribution is -0.147. The number of benzene rings is 2. The number of phenolic OH excluding ortho intramolecular Hbond substituents is 1. The molecule has 3 N–H and O–H groups in total. The van der Waals surface area contributed by atoms with Crippen molar-refractivity contribution in [1.82, 2.24) is 10.2 Å². The predicted octanol–water partition coefficient (Wildman–Crippen LogP) is 4.92. The van der Waals surface area contributed by atoms with Gasteiger partial charge in [0.25, 0.3) is 5.91 Å². The van der Waals surface area contributed by atoms with Gasteiger partial charge in [-0.15, -0.1) is 0 Å². The number of aromatic hydroxyl groups is 1. The van der Waals surface area contributed by atoms with Gasteiger partial charge in [0.05, 0.1) is 7.11 Å². The van der Waals surface area contributed by atoms with Crippen molar-refractivity contribution in [2.75, 3.05) is 18.2 Å². The van der Waals surface area contributed by atoms with Gasteiger partial charge in [-0.25, -0.2) is 4.79 Å². The lowest BCUT2D eigenvalue weighted by Crippen LogP contribution is -2.59. The van der Waals surface area contributed by atoms with Gasteiger partial charge in [0.1, 0.15) is 29.2 Å². The summed E-state index contributed by atoms with van der Waals surface area (Å²) in [7, 11) is 1.55. The van der Waals surface area contributed by atoms with Gasteiger partial charge in [-0.1, -0.05) is 19.1 Å². The van der Waals surface area contributed by atoms with E-state index in [2.05, 4.69) is 23.3 Å². The SMILES string of the molecule is CCC(C)(C)N(C(=O)C(CS)NC(=O)OC(C)(C)C)C(C(=O)Nc1ccc(OC)cc1)c1cccc(O)c1. The van der Waals surface area contributed by atoms with E-state index in [1.807, 2.05) is 20.8 Å². The van der Waals surface area contributed by atoms with Crippen LogP contribution in [0.15, 0.2) is 48.5 Å². The van der Waals surface area contributed by atoms with Crippen LogP contribution in [0.25, 0.3) is 0 Å². The van der Waals surface area contributed by atoms with Crippen molar-refractivity contribution in [1.29, 1.82) is 0 Å². The summed E-state index contributed by atoms with van der Waals surface area (Å²) < 4.78 is 10.5. The van der Waals surface area contributed by atoms with Crippen molar-refractivity contribution < 1.29 is 29.0 Å². The molecule has 0 radical (unpaired) electrons. The van der Waals surface area contributed by atoms with Crippen LogP contribution in [0.4, 0.5) is 10.5 Å². The van der Waals surface area contributed by atoms with Crippen LogP contribution in [-0.4, -0.2) is 58.0 Å². The molecule has 0 saturated heterocycles. The van der Waals surface area contributed by atoms with Crippen molar-refractivity contribution in [2.24, 2.45) is 0 Å². The molecule has 0 aliphatic carbocycles. The first-order valence-corrected chi connectivity index (χ1v) is 13.0. The lowest BCUT2D eigenvalue weighted by atomic mass is 9.92. The molecule has 0 bridgehead atoms. The number of amides is 3. The van der Waals surface area contributed by atoms with Crippen molar-refractivity contribution in [2.45, 2.75) is 71.2 Å². The van der Waals surface area contributed by atoms with Crippen molar-refractivity contribution >= 4 is 36.2 Å². The fraction of sp³-hybridized carbons (Fsp3) is 0.464. The van der Waals surface area contributed by atoms with Crippen LogP contribution in [0.3, 0.4) is 0 Å². The molecule has 2 atom stereocenters. The second kappa shape index (κ2) is 12.9. The molecule has 10 heteroatoms. The summed E-state index contributed by atoms with van der Waals surface area (Å²) in [4.78, 5) is 41.9. The van der Waals surface area contributed by atoms with Crippen LogP contribution in [0.5, 0.6) is 11.5 Å². The topological polar surface area (TPSA) is 117 Å². The summed E-state index contributed by atoms with van der Waals surface area (Å²) in [5, 5.41) is 15.7. The fourth-order valence-electron chi connectivity index (χ4n) is 3.75. The first-order chi connectivity index (χ1) is 17.7. The van der Waals surface area contributed by atoms with Gasteiger partial charge in [-0.05, 0) is 83.0 Å². The first kappa shape index (κ1) is 30.8. The van der Waals surface area contributed by atoms with E-state index in [4.69, 9.17) is 9.47 Å². The maximum atomic E-state index is 14.1. The number of alkyl carbamates (subject to hydrolysis) is 1. The van der Waals surface area contributed by atoms with Crippen LogP contribution in [0, 0.1) is 0 Å². The molecule has 2 aromatic carbocycles. The number of rotatable bonds is 10. The third kappa shape index (κ3) is 8.31. The third-order valence-corrected chi connectivity index (χ3v) is 6.34. The third-order valence-electron chi connectivity index (χ3n) is 5.98. The van der Waals surface area contributed by atoms with E-state index in [1.165, 1.54) is 17.0 Å². The molecule has 2 rings (SSSR count). The zero-order chi connectivity index (χ0) is 28.7. The Morgan fingerprint density at radius 1 is 1.05 bits per heavy atom. The molecule has 2 aromatic rings. The van der Waals surface area contributed by atoms with Crippen LogP contribution in [0.1, 0.15) is 59.6 Å². The van der Waals surface area contributed by atoms with Gasteiger partial charge < -0.3 is 30.1 Å². The Morgan fingerprint density at radius 2 is 1.68 bits per heavy atom. The van der Waals surface area contributed by atoms with Gasteiger partial charge in [0.2, 0.25) is 5.91 Å². The zero-order valence-electron chi connectivity index (χ0n) is 23.1. The number of carbonyl (C=O) groups is 3. The standard InChI is InChI=1S/C28H39N3O6S/c1-8-28(5,6)31(25(34)22(17-38)30-26(35)37-27(2,3)4)23(18-10-9-11-20(32)16-18)24(33)29-19-12-14-21(36-7)15-13-19/h9-16,22-23,32,38H,8,17H2,1-7H3,(H,29,33)(H,30,35). The Morgan fingerprint density at radius 3 is 2.18 bits per heavy atom. The molecule has 0 aliphatic rings. The number of hydrogen-bond acceptors (Lipinski definition) is 7. The van der Waals surface area contributed by atoms with E-state index in [1.54, 1.807) is 64.3 Å². The van der Waals surface area contributed by atoms with E-state index in [0.29, 0.717) is 23.4 Å². The van der Waals surface area contributed by atoms with E-state index < -0.39 is 41.1 Å². The van der Waals surface area contributed by atoms with E-state index >= 15 is 0 Å². The molecule has 38 heavy (non-hydrogen) atoms. The highest BCUT2D eigenvalue weighted by atomic mass is 32.1. The Hall–Kier alpha value is -3.40. The first-order valence-electron chi connectivity index (χ1n) is 12.4. The molecule has 208 valence electrons. The second-order valence-corrected chi connectivity index (χ2v) is 10.8. The van der Waals surface area contributed by atoms with Crippen molar-refractivity contribution in [3.05, 3.63) is 54.1 Å². The Balaban J connectivity index is 2.56. The highest BCUT2D eigenvalue weighted by Crippen LogP contribution is 2.34. The van der Waals surface area contributed by atoms with Crippen LogP contribution in [0.2, 0.25) is 0 Å². The normalized spacial score (nSPS) is 13.2. The minimum Gasteiger partial charge on any atom is -0.508 e. The van der Waals surface area contributed by atoms with Crippen LogP contribution >= 0.6 is 12.6 Å². The predicted molar refractivity (Wildman–Crippen MR) is 151 cm³/mol. The van der Waals surface area contributed by atoms with E-state index in [-0.39, 0.29) is 11.5 Å². The molecule has 0 spiro atoms. The molecule has 0 aromatic heterocycles. The van der Waals surface area contributed by atoms with E-state index in [9.17, 15) is 19.5 Å². The second-order valence-electron chi connectivity index (χ2n) is 10.5. The van der Waals surface area contributed by atoms with Crippen LogP contribution < -0.4 is 15.4 Å². The average Bonchev–Trinajstić information content (AvgIpc) is 2.84. The minimum atomic E-state index is -1.14. The number of phenols is 1. The highest BCUT2D eigenvalue weighted by Gasteiger charge is 2.43. The lowest BCUT2D eigenvalue weighted by Gasteiger charge is -2.44. The Kier molecular flexibility index (Phi) is 10.5. The summed E-state index contributed by atoms with van der Waals surface area (Å²) in [5.74, 6) is -0.464. The summed E-state index contributed by atoms with van der Waals surface area (Å²) in [6.45, 7) is 10.7. The smallest absolute Gasteiger partial charge is 0.408 e. The molecular formula is C28H39N3O6S. The molecule has 3 amide bonds. The van der Waals surface area contributed by atoms with E-state index in [0.717, 1.165) is 0 Å². The van der Waals surface area contributed by atoms with Gasteiger partial charge in [-0.2, -0.15) is 12.6 Å². The quantitative estimate of drug-likeness (QED) is 0.315. The van der Waals surface area contributed by atoms with Gasteiger partial charge in [-0.3, -0.25) is 9.59 Å². The number of nitrogens with zero attached hydrogens (tertiary/aromatic N) is 1. The number of methoxy groups -OCH3 is 1. The maximum Gasteiger partial charge on any atom is 0.408 e. The molecular weight excluding hydrogens is 506 g/mol. The average molecular weight is 546 g/mol. The molecule has 0 fully saturated rings. The molecule has 0 saturated carbocycles.